The molecule has 0 saturated carbocycles. The van der Waals surface area contributed by atoms with Crippen LogP contribution in [-0.2, 0) is 11.2 Å². The molecule has 122 valence electrons. The zero-order chi connectivity index (χ0) is 15.9. The summed E-state index contributed by atoms with van der Waals surface area (Å²) >= 11 is 1.75. The van der Waals surface area contributed by atoms with E-state index >= 15 is 0 Å². The minimum atomic E-state index is 0.0640. The molecular formula is C18H23N3OS. The number of pyridine rings is 1. The third-order valence-corrected chi connectivity index (χ3v) is 5.05. The molecule has 1 fully saturated rings. The first-order valence-electron chi connectivity index (χ1n) is 8.34. The summed E-state index contributed by atoms with van der Waals surface area (Å²) in [6.45, 7) is 2.17. The first-order chi connectivity index (χ1) is 11.3. The second kappa shape index (κ2) is 8.11. The number of anilines is 2. The lowest BCUT2D eigenvalue weighted by Gasteiger charge is -2.27. The van der Waals surface area contributed by atoms with Crippen LogP contribution in [0.3, 0.4) is 0 Å². The SMILES string of the molecule is O=C(CCCc1cccs1)Nc1ccc(N2CCCCC2)nc1. The largest absolute Gasteiger partial charge is 0.357 e. The molecule has 0 aromatic carbocycles. The summed E-state index contributed by atoms with van der Waals surface area (Å²) in [7, 11) is 0. The van der Waals surface area contributed by atoms with Gasteiger partial charge in [-0.1, -0.05) is 6.07 Å². The molecule has 1 N–H and O–H groups in total. The molecule has 23 heavy (non-hydrogen) atoms. The zero-order valence-corrected chi connectivity index (χ0v) is 14.1. The molecule has 1 aliphatic rings. The van der Waals surface area contributed by atoms with Gasteiger partial charge in [0.1, 0.15) is 5.82 Å². The molecule has 1 aliphatic heterocycles. The van der Waals surface area contributed by atoms with Crippen molar-refractivity contribution >= 4 is 28.7 Å². The Morgan fingerprint density at radius 2 is 2.09 bits per heavy atom. The maximum atomic E-state index is 12.0. The van der Waals surface area contributed by atoms with E-state index in [4.69, 9.17) is 0 Å². The maximum absolute atomic E-state index is 12.0. The van der Waals surface area contributed by atoms with Gasteiger partial charge in [-0.3, -0.25) is 4.79 Å². The van der Waals surface area contributed by atoms with E-state index in [0.29, 0.717) is 6.42 Å². The number of amides is 1. The number of rotatable bonds is 6. The summed E-state index contributed by atoms with van der Waals surface area (Å²) in [6, 6.07) is 8.13. The van der Waals surface area contributed by atoms with Gasteiger partial charge in [0.25, 0.3) is 0 Å². The lowest BCUT2D eigenvalue weighted by atomic mass is 10.1. The number of nitrogens with zero attached hydrogens (tertiary/aromatic N) is 2. The van der Waals surface area contributed by atoms with Crippen LogP contribution < -0.4 is 10.2 Å². The molecule has 1 saturated heterocycles. The van der Waals surface area contributed by atoms with E-state index in [0.717, 1.165) is 37.4 Å². The number of hydrogen-bond donors (Lipinski definition) is 1. The molecule has 0 unspecified atom stereocenters. The van der Waals surface area contributed by atoms with Gasteiger partial charge in [-0.05, 0) is 55.7 Å². The molecule has 3 heterocycles. The Labute approximate surface area is 141 Å². The summed E-state index contributed by atoms with van der Waals surface area (Å²) in [5.41, 5.74) is 0.784. The number of piperidine rings is 1. The normalized spacial score (nSPS) is 14.7. The van der Waals surface area contributed by atoms with Crippen molar-refractivity contribution in [2.24, 2.45) is 0 Å². The smallest absolute Gasteiger partial charge is 0.224 e. The van der Waals surface area contributed by atoms with Crippen molar-refractivity contribution < 1.29 is 4.79 Å². The van der Waals surface area contributed by atoms with Crippen molar-refractivity contribution in [2.75, 3.05) is 23.3 Å². The third-order valence-electron chi connectivity index (χ3n) is 4.12. The molecule has 3 rings (SSSR count). The summed E-state index contributed by atoms with van der Waals surface area (Å²) in [6.07, 6.45) is 7.96. The Morgan fingerprint density at radius 3 is 2.78 bits per heavy atom. The Kier molecular flexibility index (Phi) is 5.64. The summed E-state index contributed by atoms with van der Waals surface area (Å²) in [5.74, 6) is 1.08. The van der Waals surface area contributed by atoms with E-state index < -0.39 is 0 Å². The van der Waals surface area contributed by atoms with Gasteiger partial charge in [-0.2, -0.15) is 0 Å². The number of nitrogens with one attached hydrogen (secondary N) is 1. The Balaban J connectivity index is 1.44. The van der Waals surface area contributed by atoms with Crippen LogP contribution in [0.1, 0.15) is 37.0 Å². The van der Waals surface area contributed by atoms with Crippen molar-refractivity contribution in [1.29, 1.82) is 0 Å². The minimum Gasteiger partial charge on any atom is -0.357 e. The van der Waals surface area contributed by atoms with Crippen molar-refractivity contribution in [3.05, 3.63) is 40.7 Å². The highest BCUT2D eigenvalue weighted by Crippen LogP contribution is 2.19. The van der Waals surface area contributed by atoms with Crippen molar-refractivity contribution in [1.82, 2.24) is 4.98 Å². The van der Waals surface area contributed by atoms with E-state index in [2.05, 4.69) is 32.7 Å². The van der Waals surface area contributed by atoms with Crippen LogP contribution in [-0.4, -0.2) is 24.0 Å². The van der Waals surface area contributed by atoms with Crippen LogP contribution in [0.5, 0.6) is 0 Å². The van der Waals surface area contributed by atoms with Crippen LogP contribution in [0, 0.1) is 0 Å². The topological polar surface area (TPSA) is 45.2 Å². The van der Waals surface area contributed by atoms with Crippen LogP contribution >= 0.6 is 11.3 Å². The van der Waals surface area contributed by atoms with Crippen LogP contribution in [0.25, 0.3) is 0 Å². The summed E-state index contributed by atoms with van der Waals surface area (Å²) in [4.78, 5) is 20.1. The van der Waals surface area contributed by atoms with Crippen molar-refractivity contribution in [3.63, 3.8) is 0 Å². The highest BCUT2D eigenvalue weighted by Gasteiger charge is 2.12. The second-order valence-corrected chi connectivity index (χ2v) is 6.97. The molecular weight excluding hydrogens is 306 g/mol. The fourth-order valence-electron chi connectivity index (χ4n) is 2.87. The van der Waals surface area contributed by atoms with Gasteiger partial charge >= 0.3 is 0 Å². The summed E-state index contributed by atoms with van der Waals surface area (Å²) in [5, 5.41) is 5.01. The quantitative estimate of drug-likeness (QED) is 0.868. The fraction of sp³-hybridized carbons (Fsp3) is 0.444. The molecule has 0 bridgehead atoms. The van der Waals surface area contributed by atoms with Gasteiger partial charge in [-0.15, -0.1) is 11.3 Å². The van der Waals surface area contributed by atoms with Gasteiger partial charge in [0, 0.05) is 24.4 Å². The van der Waals surface area contributed by atoms with Gasteiger partial charge in [0.15, 0.2) is 0 Å². The fourth-order valence-corrected chi connectivity index (χ4v) is 3.62. The molecule has 4 nitrogen and oxygen atoms in total. The zero-order valence-electron chi connectivity index (χ0n) is 13.3. The van der Waals surface area contributed by atoms with Crippen molar-refractivity contribution in [3.8, 4) is 0 Å². The van der Waals surface area contributed by atoms with Gasteiger partial charge in [0.05, 0.1) is 11.9 Å². The van der Waals surface area contributed by atoms with E-state index in [1.165, 1.54) is 24.1 Å². The third kappa shape index (κ3) is 4.79. The number of hydrogen-bond acceptors (Lipinski definition) is 4. The molecule has 5 heteroatoms. The first kappa shape index (κ1) is 16.0. The molecule has 0 aliphatic carbocycles. The molecule has 0 atom stereocenters. The molecule has 2 aromatic heterocycles. The molecule has 1 amide bonds. The molecule has 2 aromatic rings. The highest BCUT2D eigenvalue weighted by molar-refractivity contribution is 7.09. The van der Waals surface area contributed by atoms with Crippen LogP contribution in [0.15, 0.2) is 35.8 Å². The van der Waals surface area contributed by atoms with E-state index in [1.807, 2.05) is 12.1 Å². The predicted octanol–water partition coefficient (Wildman–Crippen LogP) is 4.09. The minimum absolute atomic E-state index is 0.0640. The predicted molar refractivity (Wildman–Crippen MR) is 96.2 cm³/mol. The van der Waals surface area contributed by atoms with Gasteiger partial charge in [0.2, 0.25) is 5.91 Å². The number of aromatic nitrogens is 1. The average Bonchev–Trinajstić information content (AvgIpc) is 3.10. The first-order valence-corrected chi connectivity index (χ1v) is 9.22. The van der Waals surface area contributed by atoms with Crippen molar-refractivity contribution in [2.45, 2.75) is 38.5 Å². The summed E-state index contributed by atoms with van der Waals surface area (Å²) < 4.78 is 0. The number of carbonyl (C=O) groups is 1. The Bertz CT molecular complexity index is 604. The van der Waals surface area contributed by atoms with Gasteiger partial charge < -0.3 is 10.2 Å². The lowest BCUT2D eigenvalue weighted by molar-refractivity contribution is -0.116. The monoisotopic (exact) mass is 329 g/mol. The maximum Gasteiger partial charge on any atom is 0.224 e. The Morgan fingerprint density at radius 1 is 1.22 bits per heavy atom. The van der Waals surface area contributed by atoms with E-state index in [1.54, 1.807) is 17.5 Å². The van der Waals surface area contributed by atoms with Crippen LogP contribution in [0.2, 0.25) is 0 Å². The molecule has 0 radical (unpaired) electrons. The highest BCUT2D eigenvalue weighted by atomic mass is 32.1. The van der Waals surface area contributed by atoms with Crippen LogP contribution in [0.4, 0.5) is 11.5 Å². The van der Waals surface area contributed by atoms with Gasteiger partial charge in [-0.25, -0.2) is 4.98 Å². The van der Waals surface area contributed by atoms with E-state index in [-0.39, 0.29) is 5.91 Å². The standard InChI is InChI=1S/C18H23N3OS/c22-18(8-4-6-16-7-5-13-23-16)20-15-9-10-17(19-14-15)21-11-2-1-3-12-21/h5,7,9-10,13-14H,1-4,6,8,11-12H2,(H,20,22). The lowest BCUT2D eigenvalue weighted by Crippen LogP contribution is -2.30. The number of carbonyl (C=O) groups excluding carboxylic acids is 1. The van der Waals surface area contributed by atoms with E-state index in [9.17, 15) is 4.79 Å². The molecule has 0 spiro atoms. The Hall–Kier alpha value is -1.88. The average molecular weight is 329 g/mol. The number of aryl methyl sites for hydroxylation is 1. The second-order valence-electron chi connectivity index (χ2n) is 5.93. The number of thiophene rings is 1.